The second-order valence-corrected chi connectivity index (χ2v) is 8.43. The Morgan fingerprint density at radius 3 is 2.81 bits per heavy atom. The highest BCUT2D eigenvalue weighted by atomic mass is 32.1. The third-order valence-corrected chi connectivity index (χ3v) is 6.63. The van der Waals surface area contributed by atoms with Crippen LogP contribution < -0.4 is 15.0 Å². The van der Waals surface area contributed by atoms with E-state index in [1.54, 1.807) is 18.4 Å². The molecule has 0 unspecified atom stereocenters. The lowest BCUT2D eigenvalue weighted by molar-refractivity contribution is -0.123. The molecule has 7 heteroatoms. The number of piperidine rings is 1. The predicted octanol–water partition coefficient (Wildman–Crippen LogP) is 3.21. The molecule has 27 heavy (non-hydrogen) atoms. The average Bonchev–Trinajstić information content (AvgIpc) is 3.12. The van der Waals surface area contributed by atoms with Crippen LogP contribution in [0.15, 0.2) is 18.2 Å². The molecule has 2 saturated heterocycles. The van der Waals surface area contributed by atoms with Crippen molar-refractivity contribution in [2.24, 2.45) is 5.92 Å². The minimum Gasteiger partial charge on any atom is -0.497 e. The average molecular weight is 390 g/mol. The van der Waals surface area contributed by atoms with Crippen LogP contribution in [0.4, 0.5) is 5.13 Å². The number of rotatable bonds is 5. The highest BCUT2D eigenvalue weighted by Crippen LogP contribution is 2.33. The van der Waals surface area contributed by atoms with Crippen molar-refractivity contribution in [1.29, 1.82) is 0 Å². The van der Waals surface area contributed by atoms with Gasteiger partial charge in [-0.05, 0) is 43.7 Å². The van der Waals surface area contributed by atoms with Gasteiger partial charge in [0.05, 0.1) is 17.3 Å². The Labute approximate surface area is 163 Å². The summed E-state index contributed by atoms with van der Waals surface area (Å²) < 4.78 is 11.8. The molecule has 0 bridgehead atoms. The molecule has 4 rings (SSSR count). The highest BCUT2D eigenvalue weighted by Gasteiger charge is 2.25. The predicted molar refractivity (Wildman–Crippen MR) is 108 cm³/mol. The van der Waals surface area contributed by atoms with Crippen LogP contribution in [-0.4, -0.2) is 50.3 Å². The van der Waals surface area contributed by atoms with Gasteiger partial charge in [-0.25, -0.2) is 4.98 Å². The van der Waals surface area contributed by atoms with Gasteiger partial charge >= 0.3 is 0 Å². The number of nitrogens with one attached hydrogen (secondary N) is 1. The lowest BCUT2D eigenvalue weighted by Gasteiger charge is -2.32. The molecule has 1 aromatic heterocycles. The van der Waals surface area contributed by atoms with Gasteiger partial charge in [0, 0.05) is 44.8 Å². The number of carbonyl (C=O) groups excluding carboxylic acids is 1. The molecule has 0 aliphatic carbocycles. The molecule has 3 heterocycles. The molecule has 1 N–H and O–H groups in total. The molecule has 146 valence electrons. The minimum atomic E-state index is 0.201. The maximum absolute atomic E-state index is 12.3. The summed E-state index contributed by atoms with van der Waals surface area (Å²) in [5, 5.41) is 4.26. The summed E-state index contributed by atoms with van der Waals surface area (Å²) in [5.74, 6) is 1.51. The summed E-state index contributed by atoms with van der Waals surface area (Å²) in [6.45, 7) is 3.45. The number of nitrogens with zero attached hydrogens (tertiary/aromatic N) is 2. The van der Waals surface area contributed by atoms with Crippen LogP contribution in [0.3, 0.4) is 0 Å². The number of hydrogen-bond donors (Lipinski definition) is 1. The van der Waals surface area contributed by atoms with Crippen LogP contribution in [0.2, 0.25) is 0 Å². The molecule has 0 saturated carbocycles. The Morgan fingerprint density at radius 1 is 1.30 bits per heavy atom. The van der Waals surface area contributed by atoms with Gasteiger partial charge in [-0.2, -0.15) is 0 Å². The van der Waals surface area contributed by atoms with Gasteiger partial charge in [0.25, 0.3) is 0 Å². The molecule has 2 aromatic rings. The molecular formula is C20H27N3O3S. The molecule has 2 fully saturated rings. The number of fused-ring (bicyclic) bond motifs is 1. The van der Waals surface area contributed by atoms with Crippen LogP contribution in [0.1, 0.15) is 32.1 Å². The van der Waals surface area contributed by atoms with E-state index >= 15 is 0 Å². The first kappa shape index (κ1) is 18.5. The zero-order valence-corrected chi connectivity index (χ0v) is 16.6. The van der Waals surface area contributed by atoms with Crippen molar-refractivity contribution in [1.82, 2.24) is 10.3 Å². The Hall–Kier alpha value is -1.86. The smallest absolute Gasteiger partial charge is 0.220 e. The summed E-state index contributed by atoms with van der Waals surface area (Å²) in [5.41, 5.74) is 0.993. The lowest BCUT2D eigenvalue weighted by Crippen LogP contribution is -2.41. The van der Waals surface area contributed by atoms with Gasteiger partial charge in [0.15, 0.2) is 5.13 Å². The van der Waals surface area contributed by atoms with Crippen LogP contribution in [-0.2, 0) is 9.53 Å². The van der Waals surface area contributed by atoms with Crippen molar-refractivity contribution in [3.8, 4) is 5.75 Å². The zero-order chi connectivity index (χ0) is 18.6. The molecule has 0 spiro atoms. The first-order valence-corrected chi connectivity index (χ1v) is 10.6. The van der Waals surface area contributed by atoms with Gasteiger partial charge in [0.1, 0.15) is 5.75 Å². The van der Waals surface area contributed by atoms with Crippen molar-refractivity contribution >= 4 is 32.6 Å². The van der Waals surface area contributed by atoms with Crippen molar-refractivity contribution in [2.75, 3.05) is 38.3 Å². The fourth-order valence-corrected chi connectivity index (χ4v) is 4.87. The van der Waals surface area contributed by atoms with Crippen molar-refractivity contribution in [3.05, 3.63) is 18.2 Å². The fraction of sp³-hybridized carbons (Fsp3) is 0.600. The van der Waals surface area contributed by atoms with E-state index < -0.39 is 0 Å². The summed E-state index contributed by atoms with van der Waals surface area (Å²) in [6, 6.07) is 6.34. The number of hydrogen-bond acceptors (Lipinski definition) is 6. The monoisotopic (exact) mass is 389 g/mol. The van der Waals surface area contributed by atoms with E-state index in [1.165, 1.54) is 4.70 Å². The quantitative estimate of drug-likeness (QED) is 0.851. The maximum atomic E-state index is 12.3. The summed E-state index contributed by atoms with van der Waals surface area (Å²) in [6.07, 6.45) is 4.60. The molecule has 0 atom stereocenters. The standard InChI is InChI=1S/C20H27N3O3S/c1-25-16-2-3-18-17(13-16)22-20(27-18)23-8-4-14(5-9-23)12-19(24)21-15-6-10-26-11-7-15/h2-3,13-15H,4-12H2,1H3,(H,21,24). The molecule has 2 aliphatic heterocycles. The number of aromatic nitrogens is 1. The zero-order valence-electron chi connectivity index (χ0n) is 15.8. The number of amides is 1. The molecule has 1 aromatic carbocycles. The number of carbonyl (C=O) groups is 1. The van der Waals surface area contributed by atoms with Gasteiger partial charge < -0.3 is 19.7 Å². The van der Waals surface area contributed by atoms with E-state index in [2.05, 4.69) is 16.3 Å². The summed E-state index contributed by atoms with van der Waals surface area (Å²) in [7, 11) is 1.68. The largest absolute Gasteiger partial charge is 0.497 e. The van der Waals surface area contributed by atoms with Crippen molar-refractivity contribution < 1.29 is 14.3 Å². The van der Waals surface area contributed by atoms with Crippen LogP contribution >= 0.6 is 11.3 Å². The Bertz CT molecular complexity index is 780. The van der Waals surface area contributed by atoms with Gasteiger partial charge in [-0.15, -0.1) is 0 Å². The van der Waals surface area contributed by atoms with Crippen LogP contribution in [0.5, 0.6) is 5.75 Å². The van der Waals surface area contributed by atoms with E-state index in [-0.39, 0.29) is 5.91 Å². The van der Waals surface area contributed by atoms with Gasteiger partial charge in [0.2, 0.25) is 5.91 Å². The third kappa shape index (κ3) is 4.52. The minimum absolute atomic E-state index is 0.201. The number of ether oxygens (including phenoxy) is 2. The maximum Gasteiger partial charge on any atom is 0.220 e. The van der Waals surface area contributed by atoms with Crippen molar-refractivity contribution in [2.45, 2.75) is 38.1 Å². The van der Waals surface area contributed by atoms with E-state index in [1.807, 2.05) is 12.1 Å². The van der Waals surface area contributed by atoms with E-state index in [9.17, 15) is 4.79 Å². The second kappa shape index (κ2) is 8.44. The SMILES string of the molecule is COc1ccc2sc(N3CCC(CC(=O)NC4CCOCC4)CC3)nc2c1. The Kier molecular flexibility index (Phi) is 5.78. The van der Waals surface area contributed by atoms with Crippen LogP contribution in [0.25, 0.3) is 10.2 Å². The van der Waals surface area contributed by atoms with Gasteiger partial charge in [-0.1, -0.05) is 11.3 Å². The number of anilines is 1. The first-order valence-electron chi connectivity index (χ1n) is 9.78. The Balaban J connectivity index is 1.29. The van der Waals surface area contributed by atoms with Crippen LogP contribution in [0, 0.1) is 5.92 Å². The van der Waals surface area contributed by atoms with Gasteiger partial charge in [-0.3, -0.25) is 4.79 Å². The normalized spacial score (nSPS) is 19.4. The topological polar surface area (TPSA) is 63.7 Å². The molecule has 6 nitrogen and oxygen atoms in total. The van der Waals surface area contributed by atoms with E-state index in [4.69, 9.17) is 14.5 Å². The van der Waals surface area contributed by atoms with E-state index in [0.717, 1.165) is 68.4 Å². The molecule has 2 aliphatic rings. The Morgan fingerprint density at radius 2 is 2.07 bits per heavy atom. The first-order chi connectivity index (χ1) is 13.2. The summed E-state index contributed by atoms with van der Waals surface area (Å²) >= 11 is 1.73. The highest BCUT2D eigenvalue weighted by molar-refractivity contribution is 7.22. The van der Waals surface area contributed by atoms with E-state index in [0.29, 0.717) is 18.4 Å². The molecule has 1 amide bonds. The number of thiazole rings is 1. The third-order valence-electron chi connectivity index (χ3n) is 5.53. The summed E-state index contributed by atoms with van der Waals surface area (Å²) in [4.78, 5) is 19.5. The fourth-order valence-electron chi connectivity index (χ4n) is 3.88. The number of benzene rings is 1. The van der Waals surface area contributed by atoms with Crippen molar-refractivity contribution in [3.63, 3.8) is 0 Å². The number of methoxy groups -OCH3 is 1. The molecule has 0 radical (unpaired) electrons. The lowest BCUT2D eigenvalue weighted by atomic mass is 9.93. The second-order valence-electron chi connectivity index (χ2n) is 7.42. The molecular weight excluding hydrogens is 362 g/mol.